The van der Waals surface area contributed by atoms with E-state index in [1.807, 2.05) is 6.07 Å². The molecule has 0 atom stereocenters. The van der Waals surface area contributed by atoms with Gasteiger partial charge in [-0.05, 0) is 18.2 Å². The van der Waals surface area contributed by atoms with Gasteiger partial charge in [-0.2, -0.15) is 5.26 Å². The molecule has 96 valence electrons. The van der Waals surface area contributed by atoms with Crippen molar-refractivity contribution in [3.63, 3.8) is 0 Å². The SMILES string of the molecule is COCCNC(=O)CNc1cc(C#N)ccc1Cl. The molecule has 1 rings (SSSR count). The molecule has 0 unspecified atom stereocenters. The summed E-state index contributed by atoms with van der Waals surface area (Å²) in [7, 11) is 1.57. The van der Waals surface area contributed by atoms with Crippen molar-refractivity contribution in [1.29, 1.82) is 5.26 Å². The Hall–Kier alpha value is -1.77. The maximum Gasteiger partial charge on any atom is 0.239 e. The molecule has 0 bridgehead atoms. The molecule has 0 saturated carbocycles. The standard InChI is InChI=1S/C12H14ClN3O2/c1-18-5-4-15-12(17)8-16-11-6-9(7-14)2-3-10(11)13/h2-3,6,16H,4-5,8H2,1H3,(H,15,17). The predicted octanol–water partition coefficient (Wildman–Crippen LogP) is 1.39. The molecule has 5 nitrogen and oxygen atoms in total. The summed E-state index contributed by atoms with van der Waals surface area (Å²) < 4.78 is 4.81. The van der Waals surface area contributed by atoms with Crippen LogP contribution in [0.5, 0.6) is 0 Å². The Bertz CT molecular complexity index is 457. The molecule has 0 heterocycles. The van der Waals surface area contributed by atoms with E-state index in [1.54, 1.807) is 25.3 Å². The minimum absolute atomic E-state index is 0.0956. The lowest BCUT2D eigenvalue weighted by Crippen LogP contribution is -2.32. The molecule has 0 aliphatic carbocycles. The van der Waals surface area contributed by atoms with Crippen molar-refractivity contribution in [3.05, 3.63) is 28.8 Å². The molecule has 0 saturated heterocycles. The second-order valence-corrected chi connectivity index (χ2v) is 3.91. The number of halogens is 1. The zero-order chi connectivity index (χ0) is 13.4. The number of amides is 1. The average Bonchev–Trinajstić information content (AvgIpc) is 2.38. The van der Waals surface area contributed by atoms with E-state index in [0.29, 0.717) is 29.4 Å². The number of nitrogens with one attached hydrogen (secondary N) is 2. The van der Waals surface area contributed by atoms with Crippen molar-refractivity contribution < 1.29 is 9.53 Å². The first-order valence-corrected chi connectivity index (χ1v) is 5.74. The van der Waals surface area contributed by atoms with Crippen LogP contribution in [-0.2, 0) is 9.53 Å². The number of benzene rings is 1. The van der Waals surface area contributed by atoms with Crippen LogP contribution in [0.4, 0.5) is 5.69 Å². The summed E-state index contributed by atoms with van der Waals surface area (Å²) in [4.78, 5) is 11.4. The normalized spacial score (nSPS) is 9.61. The Morgan fingerprint density at radius 1 is 1.56 bits per heavy atom. The number of nitrogens with zero attached hydrogens (tertiary/aromatic N) is 1. The Kier molecular flexibility index (Phi) is 5.98. The number of carbonyl (C=O) groups excluding carboxylic acids is 1. The maximum atomic E-state index is 11.4. The van der Waals surface area contributed by atoms with E-state index in [1.165, 1.54) is 0 Å². The molecule has 0 radical (unpaired) electrons. The second-order valence-electron chi connectivity index (χ2n) is 3.50. The number of anilines is 1. The number of hydrogen-bond acceptors (Lipinski definition) is 4. The van der Waals surface area contributed by atoms with Gasteiger partial charge in [0.25, 0.3) is 0 Å². The lowest BCUT2D eigenvalue weighted by atomic mass is 10.2. The maximum absolute atomic E-state index is 11.4. The number of hydrogen-bond donors (Lipinski definition) is 2. The Labute approximate surface area is 111 Å². The van der Waals surface area contributed by atoms with E-state index in [-0.39, 0.29) is 12.5 Å². The number of methoxy groups -OCH3 is 1. The van der Waals surface area contributed by atoms with Gasteiger partial charge >= 0.3 is 0 Å². The molecule has 0 aromatic heterocycles. The molecule has 0 aliphatic heterocycles. The zero-order valence-electron chi connectivity index (χ0n) is 10.00. The van der Waals surface area contributed by atoms with Crippen LogP contribution in [0.3, 0.4) is 0 Å². The molecule has 2 N–H and O–H groups in total. The molecule has 1 aromatic carbocycles. The Morgan fingerprint density at radius 3 is 3.00 bits per heavy atom. The van der Waals surface area contributed by atoms with Crippen molar-refractivity contribution in [1.82, 2.24) is 5.32 Å². The van der Waals surface area contributed by atoms with Crippen LogP contribution in [0.1, 0.15) is 5.56 Å². The van der Waals surface area contributed by atoms with Gasteiger partial charge in [0.05, 0.1) is 35.5 Å². The molecule has 18 heavy (non-hydrogen) atoms. The van der Waals surface area contributed by atoms with Crippen molar-refractivity contribution in [3.8, 4) is 6.07 Å². The van der Waals surface area contributed by atoms with Crippen LogP contribution in [0.2, 0.25) is 5.02 Å². The van der Waals surface area contributed by atoms with Crippen LogP contribution in [-0.4, -0.2) is 32.7 Å². The topological polar surface area (TPSA) is 74.2 Å². The fourth-order valence-corrected chi connectivity index (χ4v) is 1.45. The first-order chi connectivity index (χ1) is 8.67. The number of rotatable bonds is 6. The fourth-order valence-electron chi connectivity index (χ4n) is 1.26. The number of ether oxygens (including phenoxy) is 1. The molecule has 1 aromatic rings. The third-order valence-corrected chi connectivity index (χ3v) is 2.49. The predicted molar refractivity (Wildman–Crippen MR) is 69.5 cm³/mol. The molecule has 6 heteroatoms. The van der Waals surface area contributed by atoms with Gasteiger partial charge in [-0.3, -0.25) is 4.79 Å². The molecular weight excluding hydrogens is 254 g/mol. The first kappa shape index (κ1) is 14.3. The van der Waals surface area contributed by atoms with Crippen LogP contribution < -0.4 is 10.6 Å². The summed E-state index contributed by atoms with van der Waals surface area (Å²) in [5, 5.41) is 14.8. The van der Waals surface area contributed by atoms with Crippen molar-refractivity contribution in [2.24, 2.45) is 0 Å². The summed E-state index contributed by atoms with van der Waals surface area (Å²) in [6, 6.07) is 6.84. The summed E-state index contributed by atoms with van der Waals surface area (Å²) in [6.07, 6.45) is 0. The number of carbonyl (C=O) groups is 1. The summed E-state index contributed by atoms with van der Waals surface area (Å²) >= 11 is 5.94. The van der Waals surface area contributed by atoms with Crippen LogP contribution in [0, 0.1) is 11.3 Å². The molecule has 1 amide bonds. The third kappa shape index (κ3) is 4.62. The highest BCUT2D eigenvalue weighted by atomic mass is 35.5. The van der Waals surface area contributed by atoms with Crippen LogP contribution in [0.15, 0.2) is 18.2 Å². The molecule has 0 spiro atoms. The van der Waals surface area contributed by atoms with Crippen molar-refractivity contribution >= 4 is 23.2 Å². The lowest BCUT2D eigenvalue weighted by molar-refractivity contribution is -0.119. The summed E-state index contributed by atoms with van der Waals surface area (Å²) in [5.41, 5.74) is 1.05. The average molecular weight is 268 g/mol. The largest absolute Gasteiger partial charge is 0.383 e. The third-order valence-electron chi connectivity index (χ3n) is 2.16. The quantitative estimate of drug-likeness (QED) is 0.764. The van der Waals surface area contributed by atoms with Gasteiger partial charge in [0.15, 0.2) is 0 Å². The molecule has 0 fully saturated rings. The molecular formula is C12H14ClN3O2. The van der Waals surface area contributed by atoms with Gasteiger partial charge in [0.1, 0.15) is 0 Å². The van der Waals surface area contributed by atoms with Gasteiger partial charge in [-0.15, -0.1) is 0 Å². The Balaban J connectivity index is 2.48. The van der Waals surface area contributed by atoms with Crippen LogP contribution >= 0.6 is 11.6 Å². The highest BCUT2D eigenvalue weighted by Crippen LogP contribution is 2.22. The van der Waals surface area contributed by atoms with Gasteiger partial charge < -0.3 is 15.4 Å². The van der Waals surface area contributed by atoms with E-state index in [0.717, 1.165) is 0 Å². The van der Waals surface area contributed by atoms with Gasteiger partial charge in [0.2, 0.25) is 5.91 Å². The summed E-state index contributed by atoms with van der Waals surface area (Å²) in [5.74, 6) is -0.162. The molecule has 0 aliphatic rings. The minimum Gasteiger partial charge on any atom is -0.383 e. The van der Waals surface area contributed by atoms with Gasteiger partial charge in [-0.25, -0.2) is 0 Å². The number of nitriles is 1. The monoisotopic (exact) mass is 267 g/mol. The van der Waals surface area contributed by atoms with Gasteiger partial charge in [-0.1, -0.05) is 11.6 Å². The first-order valence-electron chi connectivity index (χ1n) is 5.36. The second kappa shape index (κ2) is 7.54. The lowest BCUT2D eigenvalue weighted by Gasteiger charge is -2.09. The van der Waals surface area contributed by atoms with E-state index < -0.39 is 0 Å². The van der Waals surface area contributed by atoms with E-state index >= 15 is 0 Å². The fraction of sp³-hybridized carbons (Fsp3) is 0.333. The highest BCUT2D eigenvalue weighted by Gasteiger charge is 2.04. The zero-order valence-corrected chi connectivity index (χ0v) is 10.8. The van der Waals surface area contributed by atoms with Gasteiger partial charge in [0, 0.05) is 13.7 Å². The van der Waals surface area contributed by atoms with E-state index in [2.05, 4.69) is 10.6 Å². The Morgan fingerprint density at radius 2 is 2.33 bits per heavy atom. The van der Waals surface area contributed by atoms with E-state index in [9.17, 15) is 4.79 Å². The summed E-state index contributed by atoms with van der Waals surface area (Å²) in [6.45, 7) is 1.03. The smallest absolute Gasteiger partial charge is 0.239 e. The van der Waals surface area contributed by atoms with Crippen LogP contribution in [0.25, 0.3) is 0 Å². The van der Waals surface area contributed by atoms with E-state index in [4.69, 9.17) is 21.6 Å². The van der Waals surface area contributed by atoms with Crippen molar-refractivity contribution in [2.45, 2.75) is 0 Å². The van der Waals surface area contributed by atoms with Crippen molar-refractivity contribution in [2.75, 3.05) is 32.1 Å². The minimum atomic E-state index is -0.162. The highest BCUT2D eigenvalue weighted by molar-refractivity contribution is 6.33.